The molecule has 1 aliphatic carbocycles. The molecular formula is C19H19N3O2. The minimum absolute atomic E-state index is 0.240. The molecule has 1 aromatic carbocycles. The third kappa shape index (κ3) is 2.95. The number of carbonyl (C=O) groups is 1. The highest BCUT2D eigenvalue weighted by Crippen LogP contribution is 2.30. The molecule has 0 saturated heterocycles. The zero-order valence-corrected chi connectivity index (χ0v) is 13.6. The quantitative estimate of drug-likeness (QED) is 0.700. The number of hydrogen-bond acceptors (Lipinski definition) is 4. The van der Waals surface area contributed by atoms with Gasteiger partial charge in [0.15, 0.2) is 11.5 Å². The number of benzene rings is 1. The lowest BCUT2D eigenvalue weighted by Gasteiger charge is -2.05. The molecule has 0 bridgehead atoms. The average Bonchev–Trinajstić information content (AvgIpc) is 3.36. The fourth-order valence-electron chi connectivity index (χ4n) is 2.89. The van der Waals surface area contributed by atoms with Crippen molar-refractivity contribution in [2.45, 2.75) is 25.9 Å². The normalized spacial score (nSPS) is 14.2. The number of rotatable bonds is 6. The topological polar surface area (TPSA) is 56.5 Å². The molecule has 0 spiro atoms. The van der Waals surface area contributed by atoms with E-state index >= 15 is 0 Å². The van der Waals surface area contributed by atoms with Crippen LogP contribution in [-0.2, 0) is 22.6 Å². The summed E-state index contributed by atoms with van der Waals surface area (Å²) in [4.78, 5) is 16.5. The molecule has 24 heavy (non-hydrogen) atoms. The van der Waals surface area contributed by atoms with Gasteiger partial charge >= 0.3 is 0 Å². The minimum Gasteiger partial charge on any atom is -0.380 e. The van der Waals surface area contributed by atoms with Crippen LogP contribution in [0.25, 0.3) is 16.9 Å². The van der Waals surface area contributed by atoms with Crippen LogP contribution in [0.4, 0.5) is 0 Å². The first-order valence-corrected chi connectivity index (χ1v) is 8.20. The zero-order chi connectivity index (χ0) is 16.5. The van der Waals surface area contributed by atoms with E-state index in [2.05, 4.69) is 22.2 Å². The summed E-state index contributed by atoms with van der Waals surface area (Å²) in [5.74, 6) is 1.11. The number of nitrogens with zero attached hydrogens (tertiary/aromatic N) is 3. The van der Waals surface area contributed by atoms with Crippen LogP contribution in [-0.4, -0.2) is 27.5 Å². The van der Waals surface area contributed by atoms with E-state index in [1.165, 1.54) is 0 Å². The lowest BCUT2D eigenvalue weighted by Crippen LogP contribution is -2.06. The molecule has 0 unspecified atom stereocenters. The minimum atomic E-state index is 0.240. The van der Waals surface area contributed by atoms with Gasteiger partial charge in [-0.25, -0.2) is 9.50 Å². The first-order chi connectivity index (χ1) is 11.7. The molecule has 2 aromatic heterocycles. The maximum Gasteiger partial charge on any atom is 0.159 e. The predicted octanol–water partition coefficient (Wildman–Crippen LogP) is 3.06. The van der Waals surface area contributed by atoms with Gasteiger partial charge in [0.2, 0.25) is 0 Å². The van der Waals surface area contributed by atoms with Gasteiger partial charge in [-0.1, -0.05) is 30.3 Å². The molecule has 5 nitrogen and oxygen atoms in total. The summed E-state index contributed by atoms with van der Waals surface area (Å²) in [6.45, 7) is 0.598. The summed E-state index contributed by atoms with van der Waals surface area (Å²) in [7, 11) is 1.69. The second kappa shape index (κ2) is 6.17. The molecule has 0 radical (unpaired) electrons. The van der Waals surface area contributed by atoms with Crippen molar-refractivity contribution >= 4 is 11.4 Å². The molecule has 1 saturated carbocycles. The number of methoxy groups -OCH3 is 1. The third-order valence-corrected chi connectivity index (χ3v) is 4.33. The van der Waals surface area contributed by atoms with Gasteiger partial charge in [0.05, 0.1) is 18.7 Å². The Bertz CT molecular complexity index is 879. The van der Waals surface area contributed by atoms with Crippen LogP contribution in [0.5, 0.6) is 0 Å². The predicted molar refractivity (Wildman–Crippen MR) is 90.6 cm³/mol. The van der Waals surface area contributed by atoms with Crippen LogP contribution < -0.4 is 0 Å². The molecule has 0 N–H and O–H groups in total. The Balaban J connectivity index is 1.67. The van der Waals surface area contributed by atoms with Gasteiger partial charge in [0.1, 0.15) is 5.78 Å². The number of carbonyl (C=O) groups excluding carboxylic acids is 1. The molecular weight excluding hydrogens is 302 g/mol. The number of ketones is 1. The van der Waals surface area contributed by atoms with Gasteiger partial charge in [-0.15, -0.1) is 0 Å². The highest BCUT2D eigenvalue weighted by Gasteiger charge is 2.30. The van der Waals surface area contributed by atoms with Crippen molar-refractivity contribution in [3.05, 3.63) is 53.9 Å². The monoisotopic (exact) mass is 321 g/mol. The maximum atomic E-state index is 12.0. The Morgan fingerprint density at radius 2 is 2.00 bits per heavy atom. The molecule has 1 aliphatic rings. The van der Waals surface area contributed by atoms with Crippen LogP contribution in [0, 0.1) is 5.92 Å². The zero-order valence-electron chi connectivity index (χ0n) is 13.6. The number of Topliss-reactive ketones (excluding diaryl/α,β-unsaturated/α-hetero) is 1. The van der Waals surface area contributed by atoms with E-state index in [0.717, 1.165) is 35.3 Å². The molecule has 3 aromatic rings. The van der Waals surface area contributed by atoms with E-state index in [1.807, 2.05) is 34.8 Å². The molecule has 4 rings (SSSR count). The molecule has 5 heteroatoms. The SMILES string of the molecule is COCc1ccc(-c2cccc3nc(CC(=O)C4CC4)nn23)cc1. The summed E-state index contributed by atoms with van der Waals surface area (Å²) in [5, 5.41) is 4.56. The van der Waals surface area contributed by atoms with Crippen molar-refractivity contribution in [1.29, 1.82) is 0 Å². The number of hydrogen-bond donors (Lipinski definition) is 0. The van der Waals surface area contributed by atoms with Crippen LogP contribution in [0.1, 0.15) is 24.2 Å². The van der Waals surface area contributed by atoms with Crippen molar-refractivity contribution < 1.29 is 9.53 Å². The molecule has 0 atom stereocenters. The first kappa shape index (κ1) is 15.0. The molecule has 2 heterocycles. The Hall–Kier alpha value is -2.53. The molecule has 0 amide bonds. The van der Waals surface area contributed by atoms with Crippen LogP contribution in [0.3, 0.4) is 0 Å². The van der Waals surface area contributed by atoms with Gasteiger partial charge in [-0.3, -0.25) is 4.79 Å². The Kier molecular flexibility index (Phi) is 3.86. The largest absolute Gasteiger partial charge is 0.380 e. The van der Waals surface area contributed by atoms with E-state index in [-0.39, 0.29) is 11.7 Å². The van der Waals surface area contributed by atoms with Crippen LogP contribution in [0.15, 0.2) is 42.5 Å². The van der Waals surface area contributed by atoms with E-state index in [1.54, 1.807) is 7.11 Å². The number of ether oxygens (including phenoxy) is 1. The van der Waals surface area contributed by atoms with Crippen molar-refractivity contribution in [2.24, 2.45) is 5.92 Å². The summed E-state index contributed by atoms with van der Waals surface area (Å²) in [5.41, 5.74) is 3.93. The average molecular weight is 321 g/mol. The van der Waals surface area contributed by atoms with Gasteiger partial charge < -0.3 is 4.74 Å². The number of aromatic nitrogens is 3. The van der Waals surface area contributed by atoms with Gasteiger partial charge in [0.25, 0.3) is 0 Å². The standard InChI is InChI=1S/C19H19N3O2/c1-24-12-13-5-7-14(8-6-13)16-3-2-4-19-20-18(21-22(16)19)11-17(23)15-9-10-15/h2-8,15H,9-12H2,1H3. The maximum absolute atomic E-state index is 12.0. The highest BCUT2D eigenvalue weighted by atomic mass is 16.5. The molecule has 122 valence electrons. The second-order valence-corrected chi connectivity index (χ2v) is 6.26. The van der Waals surface area contributed by atoms with Crippen molar-refractivity contribution in [1.82, 2.24) is 14.6 Å². The number of pyridine rings is 1. The number of fused-ring (bicyclic) bond motifs is 1. The van der Waals surface area contributed by atoms with E-state index in [9.17, 15) is 4.79 Å². The summed E-state index contributed by atoms with van der Waals surface area (Å²) in [6.07, 6.45) is 2.37. The molecule has 0 aliphatic heterocycles. The smallest absolute Gasteiger partial charge is 0.159 e. The van der Waals surface area contributed by atoms with Crippen molar-refractivity contribution in [2.75, 3.05) is 7.11 Å². The van der Waals surface area contributed by atoms with Crippen molar-refractivity contribution in [3.8, 4) is 11.3 Å². The third-order valence-electron chi connectivity index (χ3n) is 4.33. The summed E-state index contributed by atoms with van der Waals surface area (Å²) >= 11 is 0. The van der Waals surface area contributed by atoms with E-state index < -0.39 is 0 Å². The van der Waals surface area contributed by atoms with E-state index in [0.29, 0.717) is 18.9 Å². The Morgan fingerprint density at radius 1 is 1.21 bits per heavy atom. The lowest BCUT2D eigenvalue weighted by molar-refractivity contribution is -0.119. The second-order valence-electron chi connectivity index (χ2n) is 6.26. The summed E-state index contributed by atoms with van der Waals surface area (Å²) < 4.78 is 6.97. The van der Waals surface area contributed by atoms with E-state index in [4.69, 9.17) is 4.74 Å². The lowest BCUT2D eigenvalue weighted by atomic mass is 10.1. The van der Waals surface area contributed by atoms with Crippen LogP contribution in [0.2, 0.25) is 0 Å². The summed E-state index contributed by atoms with van der Waals surface area (Å²) in [6, 6.07) is 14.1. The first-order valence-electron chi connectivity index (χ1n) is 8.20. The van der Waals surface area contributed by atoms with Gasteiger partial charge in [0, 0.05) is 18.6 Å². The fourth-order valence-corrected chi connectivity index (χ4v) is 2.89. The Morgan fingerprint density at radius 3 is 2.71 bits per heavy atom. The highest BCUT2D eigenvalue weighted by molar-refractivity contribution is 5.84. The van der Waals surface area contributed by atoms with Crippen molar-refractivity contribution in [3.63, 3.8) is 0 Å². The Labute approximate surface area is 140 Å². The fraction of sp³-hybridized carbons (Fsp3) is 0.316. The van der Waals surface area contributed by atoms with Gasteiger partial charge in [-0.05, 0) is 30.5 Å². The molecule has 1 fully saturated rings. The van der Waals surface area contributed by atoms with Crippen LogP contribution >= 0.6 is 0 Å². The van der Waals surface area contributed by atoms with Gasteiger partial charge in [-0.2, -0.15) is 5.10 Å².